The normalized spacial score (nSPS) is 25.2. The third-order valence-corrected chi connectivity index (χ3v) is 10.5. The summed E-state index contributed by atoms with van der Waals surface area (Å²) in [5.41, 5.74) is -0.733. The first-order chi connectivity index (χ1) is 23.7. The van der Waals surface area contributed by atoms with Crippen molar-refractivity contribution in [3.8, 4) is 11.5 Å². The second-order valence-corrected chi connectivity index (χ2v) is 13.1. The Morgan fingerprint density at radius 3 is 2.06 bits per heavy atom. The van der Waals surface area contributed by atoms with Crippen LogP contribution in [0.5, 0.6) is 11.5 Å². The molecule has 10 heteroatoms. The molecule has 3 aliphatic rings. The zero-order chi connectivity index (χ0) is 35.2. The van der Waals surface area contributed by atoms with Gasteiger partial charge in [0.2, 0.25) is 11.8 Å². The van der Waals surface area contributed by atoms with Gasteiger partial charge in [-0.25, -0.2) is 0 Å². The van der Waals surface area contributed by atoms with Gasteiger partial charge in [-0.1, -0.05) is 31.9 Å². The second-order valence-electron chi connectivity index (χ2n) is 13.1. The third kappa shape index (κ3) is 6.60. The lowest BCUT2D eigenvalue weighted by atomic mass is 9.64. The zero-order valence-corrected chi connectivity index (χ0v) is 29.1. The number of unbranched alkanes of at least 4 members (excludes halogenated alkanes) is 3. The van der Waals surface area contributed by atoms with E-state index >= 15 is 0 Å². The van der Waals surface area contributed by atoms with Crippen molar-refractivity contribution in [3.63, 3.8) is 0 Å². The molecular weight excluding hydrogens is 622 g/mol. The highest BCUT2D eigenvalue weighted by Crippen LogP contribution is 2.65. The Kier molecular flexibility index (Phi) is 11.5. The molecule has 0 radical (unpaired) electrons. The summed E-state index contributed by atoms with van der Waals surface area (Å²) in [6.45, 7) is 13.2. The summed E-state index contributed by atoms with van der Waals surface area (Å²) in [7, 11) is 1.59. The van der Waals surface area contributed by atoms with Crippen LogP contribution >= 0.6 is 0 Å². The van der Waals surface area contributed by atoms with E-state index in [1.165, 1.54) is 0 Å². The smallest absolute Gasteiger partial charge is 0.253 e. The summed E-state index contributed by atoms with van der Waals surface area (Å²) >= 11 is 0. The van der Waals surface area contributed by atoms with Crippen LogP contribution < -0.4 is 19.3 Å². The van der Waals surface area contributed by atoms with Gasteiger partial charge in [0.25, 0.3) is 5.91 Å². The van der Waals surface area contributed by atoms with E-state index in [1.807, 2.05) is 50.2 Å². The van der Waals surface area contributed by atoms with Crippen LogP contribution in [0.1, 0.15) is 58.8 Å². The number of carbonyl (C=O) groups is 3. The molecule has 1 N–H and O–H groups in total. The van der Waals surface area contributed by atoms with E-state index in [-0.39, 0.29) is 37.4 Å². The molecule has 2 aromatic carbocycles. The Balaban J connectivity index is 1.56. The van der Waals surface area contributed by atoms with Crippen LogP contribution in [0.3, 0.4) is 0 Å². The number of carbonyl (C=O) groups excluding carboxylic acids is 3. The fraction of sp³-hybridized carbons (Fsp3) is 0.513. The molecule has 5 atom stereocenters. The van der Waals surface area contributed by atoms with Crippen LogP contribution in [-0.4, -0.2) is 84.9 Å². The van der Waals surface area contributed by atoms with Gasteiger partial charge in [-0.3, -0.25) is 14.4 Å². The van der Waals surface area contributed by atoms with Crippen molar-refractivity contribution < 1.29 is 33.7 Å². The highest BCUT2D eigenvalue weighted by molar-refractivity contribution is 6.07. The Labute approximate surface area is 290 Å². The largest absolute Gasteiger partial charge is 0.497 e. The van der Waals surface area contributed by atoms with Crippen molar-refractivity contribution >= 4 is 29.1 Å². The summed E-state index contributed by atoms with van der Waals surface area (Å²) < 4.78 is 18.0. The standard InChI is InChI=1S/C39H51N3O7/c1-6-24-40(28-16-20-31(21-17-28)48-9-4)35(44)32-33-36(45)42(26-12-10-11-13-27-43)34(39(33)23-22-38(32,8-3)49-39)37(46)41(25-7-2)29-14-18-30(47-5)19-15-29/h6-7,14-21,32-34,43H,1-2,8-13,22-27H2,3-5H3/t32-,33+,34?,38+,39?/m1/s1. The number of benzene rings is 2. The summed E-state index contributed by atoms with van der Waals surface area (Å²) in [5.74, 6) is -0.926. The minimum atomic E-state index is -1.17. The summed E-state index contributed by atoms with van der Waals surface area (Å²) in [6, 6.07) is 13.7. The summed E-state index contributed by atoms with van der Waals surface area (Å²) in [5, 5.41) is 9.30. The molecule has 0 saturated carbocycles. The van der Waals surface area contributed by atoms with Crippen molar-refractivity contribution in [2.24, 2.45) is 11.8 Å². The fourth-order valence-electron chi connectivity index (χ4n) is 8.23. The average Bonchev–Trinajstić information content (AvgIpc) is 3.73. The van der Waals surface area contributed by atoms with Gasteiger partial charge in [-0.2, -0.15) is 0 Å². The molecule has 0 aromatic heterocycles. The number of nitrogens with zero attached hydrogens (tertiary/aromatic N) is 3. The Morgan fingerprint density at radius 2 is 1.51 bits per heavy atom. The number of amides is 3. The van der Waals surface area contributed by atoms with E-state index in [0.29, 0.717) is 68.1 Å². The molecule has 3 heterocycles. The Hall–Kier alpha value is -4.15. The van der Waals surface area contributed by atoms with Crippen LogP contribution in [0.4, 0.5) is 11.4 Å². The van der Waals surface area contributed by atoms with E-state index in [4.69, 9.17) is 14.2 Å². The molecule has 5 rings (SSSR count). The predicted octanol–water partition coefficient (Wildman–Crippen LogP) is 5.54. The molecule has 0 aliphatic carbocycles. The molecule has 2 aromatic rings. The van der Waals surface area contributed by atoms with Gasteiger partial charge in [0.1, 0.15) is 23.1 Å². The molecule has 10 nitrogen and oxygen atoms in total. The quantitative estimate of drug-likeness (QED) is 0.164. The third-order valence-electron chi connectivity index (χ3n) is 10.5. The van der Waals surface area contributed by atoms with E-state index < -0.39 is 29.1 Å². The van der Waals surface area contributed by atoms with E-state index in [0.717, 1.165) is 12.8 Å². The van der Waals surface area contributed by atoms with Gasteiger partial charge in [0.15, 0.2) is 0 Å². The van der Waals surface area contributed by atoms with Gasteiger partial charge < -0.3 is 34.0 Å². The number of aliphatic hydroxyl groups is 1. The number of hydrogen-bond acceptors (Lipinski definition) is 7. The van der Waals surface area contributed by atoms with Gasteiger partial charge >= 0.3 is 0 Å². The maximum Gasteiger partial charge on any atom is 0.253 e. The minimum Gasteiger partial charge on any atom is -0.497 e. The minimum absolute atomic E-state index is 0.111. The van der Waals surface area contributed by atoms with Crippen molar-refractivity contribution in [2.45, 2.75) is 76.0 Å². The molecule has 2 bridgehead atoms. The van der Waals surface area contributed by atoms with Crippen molar-refractivity contribution in [3.05, 3.63) is 73.8 Å². The molecule has 49 heavy (non-hydrogen) atoms. The van der Waals surface area contributed by atoms with E-state index in [9.17, 15) is 19.5 Å². The lowest BCUT2D eigenvalue weighted by molar-refractivity contribution is -0.146. The predicted molar refractivity (Wildman–Crippen MR) is 190 cm³/mol. The summed E-state index contributed by atoms with van der Waals surface area (Å²) in [6.07, 6.45) is 7.88. The van der Waals surface area contributed by atoms with Crippen molar-refractivity contribution in [1.29, 1.82) is 0 Å². The van der Waals surface area contributed by atoms with Crippen LogP contribution in [0.25, 0.3) is 0 Å². The van der Waals surface area contributed by atoms with Crippen LogP contribution in [0.15, 0.2) is 73.8 Å². The van der Waals surface area contributed by atoms with Crippen LogP contribution in [-0.2, 0) is 19.1 Å². The number of methoxy groups -OCH3 is 1. The lowest BCUT2D eigenvalue weighted by Gasteiger charge is -2.37. The van der Waals surface area contributed by atoms with Crippen molar-refractivity contribution in [1.82, 2.24) is 4.90 Å². The van der Waals surface area contributed by atoms with Gasteiger partial charge in [0, 0.05) is 37.6 Å². The zero-order valence-electron chi connectivity index (χ0n) is 29.1. The van der Waals surface area contributed by atoms with E-state index in [1.54, 1.807) is 46.1 Å². The number of hydrogen-bond donors (Lipinski definition) is 1. The van der Waals surface area contributed by atoms with E-state index in [2.05, 4.69) is 13.2 Å². The van der Waals surface area contributed by atoms with Crippen LogP contribution in [0, 0.1) is 11.8 Å². The first kappa shape index (κ1) is 36.1. The lowest BCUT2D eigenvalue weighted by Crippen LogP contribution is -2.56. The number of anilines is 2. The Bertz CT molecular complexity index is 1490. The molecule has 2 unspecified atom stereocenters. The second kappa shape index (κ2) is 15.6. The van der Waals surface area contributed by atoms with Gasteiger partial charge in [-0.15, -0.1) is 13.2 Å². The molecular formula is C39H51N3O7. The SMILES string of the molecule is C=CCN(C(=O)C1N(CCCCCCO)C(=O)[C@@H]2[C@H](C(=O)N(CC=C)c3ccc(OCC)cc3)[C@]3(CC)CCC12O3)c1ccc(OC)cc1. The monoisotopic (exact) mass is 673 g/mol. The highest BCUT2D eigenvalue weighted by Gasteiger charge is 2.79. The number of aliphatic hydroxyl groups excluding tert-OH is 1. The number of fused-ring (bicyclic) bond motifs is 1. The maximum absolute atomic E-state index is 14.9. The number of rotatable bonds is 18. The first-order valence-corrected chi connectivity index (χ1v) is 17.6. The summed E-state index contributed by atoms with van der Waals surface area (Å²) in [4.78, 5) is 49.6. The molecule has 3 fully saturated rings. The molecule has 3 aliphatic heterocycles. The Morgan fingerprint density at radius 1 is 0.918 bits per heavy atom. The first-order valence-electron chi connectivity index (χ1n) is 17.6. The average molecular weight is 674 g/mol. The highest BCUT2D eigenvalue weighted by atomic mass is 16.5. The molecule has 3 amide bonds. The number of likely N-dealkylation sites (tertiary alicyclic amines) is 1. The maximum atomic E-state index is 14.9. The van der Waals surface area contributed by atoms with Crippen molar-refractivity contribution in [2.75, 3.05) is 49.8 Å². The fourth-order valence-corrected chi connectivity index (χ4v) is 8.23. The van der Waals surface area contributed by atoms with Gasteiger partial charge in [-0.05, 0) is 87.6 Å². The van der Waals surface area contributed by atoms with Gasteiger partial charge in [0.05, 0.1) is 31.2 Å². The molecule has 3 saturated heterocycles. The number of ether oxygens (including phenoxy) is 3. The molecule has 1 spiro atoms. The topological polar surface area (TPSA) is 109 Å². The molecule has 264 valence electrons. The van der Waals surface area contributed by atoms with Crippen LogP contribution in [0.2, 0.25) is 0 Å².